The van der Waals surface area contributed by atoms with Gasteiger partial charge in [-0.1, -0.05) is 60.7 Å². The predicted octanol–water partition coefficient (Wildman–Crippen LogP) is 4.81. The van der Waals surface area contributed by atoms with Gasteiger partial charge in [0.2, 0.25) is 5.71 Å². The first-order chi connectivity index (χ1) is 11.9. The minimum Gasteiger partial charge on any atom is -0.437 e. The first-order valence-corrected chi connectivity index (χ1v) is 7.77. The lowest BCUT2D eigenvalue weighted by Crippen LogP contribution is -1.87. The summed E-state index contributed by atoms with van der Waals surface area (Å²) in [5.74, 6) is 0.820. The third-order valence-electron chi connectivity index (χ3n) is 4.18. The topological polar surface area (TPSA) is 43.3 Å². The number of furan rings is 1. The van der Waals surface area contributed by atoms with Gasteiger partial charge in [-0.15, -0.1) is 0 Å². The van der Waals surface area contributed by atoms with Crippen molar-refractivity contribution in [3.63, 3.8) is 0 Å². The molecule has 0 N–H and O–H groups in total. The predicted molar refractivity (Wildman–Crippen MR) is 93.6 cm³/mol. The molecule has 5 aromatic rings. The van der Waals surface area contributed by atoms with E-state index >= 15 is 0 Å². The van der Waals surface area contributed by atoms with E-state index in [1.54, 1.807) is 12.5 Å². The summed E-state index contributed by atoms with van der Waals surface area (Å²) in [5, 5.41) is 0.938. The molecule has 3 heterocycles. The Morgan fingerprint density at radius 3 is 2.25 bits per heavy atom. The Hall–Kier alpha value is -3.40. The average Bonchev–Trinajstić information content (AvgIpc) is 3.27. The molecule has 24 heavy (non-hydrogen) atoms. The molecule has 0 fully saturated rings. The average molecular weight is 311 g/mol. The Morgan fingerprint density at radius 1 is 0.792 bits per heavy atom. The van der Waals surface area contributed by atoms with E-state index in [9.17, 15) is 0 Å². The maximum Gasteiger partial charge on any atom is 0.232 e. The number of nitrogens with zero attached hydrogens (tertiary/aromatic N) is 3. The highest BCUT2D eigenvalue weighted by atomic mass is 16.3. The first-order valence-electron chi connectivity index (χ1n) is 7.77. The van der Waals surface area contributed by atoms with Gasteiger partial charge in [-0.05, 0) is 5.56 Å². The largest absolute Gasteiger partial charge is 0.437 e. The SMILES string of the molecule is c1ccc(-c2oc3ncn4ccnc4c3c2-c2ccccc2)cc1. The van der Waals surface area contributed by atoms with Gasteiger partial charge in [-0.25, -0.2) is 9.97 Å². The van der Waals surface area contributed by atoms with Crippen LogP contribution in [0.3, 0.4) is 0 Å². The number of hydrogen-bond donors (Lipinski definition) is 0. The molecule has 2 aromatic carbocycles. The van der Waals surface area contributed by atoms with E-state index in [-0.39, 0.29) is 0 Å². The fourth-order valence-electron chi connectivity index (χ4n) is 3.11. The van der Waals surface area contributed by atoms with Crippen LogP contribution >= 0.6 is 0 Å². The van der Waals surface area contributed by atoms with Crippen molar-refractivity contribution in [2.45, 2.75) is 0 Å². The minimum atomic E-state index is 0.603. The summed E-state index contributed by atoms with van der Waals surface area (Å²) in [5.41, 5.74) is 4.60. The summed E-state index contributed by atoms with van der Waals surface area (Å²) in [7, 11) is 0. The summed E-state index contributed by atoms with van der Waals surface area (Å²) in [6, 6.07) is 20.4. The zero-order valence-electron chi connectivity index (χ0n) is 12.8. The van der Waals surface area contributed by atoms with Crippen molar-refractivity contribution < 1.29 is 4.42 Å². The molecular formula is C20H13N3O. The lowest BCUT2D eigenvalue weighted by molar-refractivity contribution is 0.618. The van der Waals surface area contributed by atoms with E-state index < -0.39 is 0 Å². The van der Waals surface area contributed by atoms with Gasteiger partial charge in [0.1, 0.15) is 12.1 Å². The molecular weight excluding hydrogens is 298 g/mol. The van der Waals surface area contributed by atoms with Crippen molar-refractivity contribution in [3.8, 4) is 22.5 Å². The molecule has 5 rings (SSSR count). The van der Waals surface area contributed by atoms with Gasteiger partial charge in [-0.3, -0.25) is 4.40 Å². The third-order valence-corrected chi connectivity index (χ3v) is 4.18. The highest BCUT2D eigenvalue weighted by Crippen LogP contribution is 2.41. The number of benzene rings is 2. The van der Waals surface area contributed by atoms with Crippen LogP contribution in [-0.4, -0.2) is 14.4 Å². The number of rotatable bonds is 2. The molecule has 4 heteroatoms. The Morgan fingerprint density at radius 2 is 1.50 bits per heavy atom. The molecule has 0 aliphatic heterocycles. The number of imidazole rings is 1. The van der Waals surface area contributed by atoms with E-state index in [0.29, 0.717) is 5.71 Å². The second-order valence-electron chi connectivity index (χ2n) is 5.62. The van der Waals surface area contributed by atoms with Crippen LogP contribution in [0.1, 0.15) is 0 Å². The minimum absolute atomic E-state index is 0.603. The Balaban J connectivity index is 1.96. The highest BCUT2D eigenvalue weighted by Gasteiger charge is 2.21. The van der Waals surface area contributed by atoms with Crippen molar-refractivity contribution in [2.75, 3.05) is 0 Å². The molecule has 0 saturated heterocycles. The van der Waals surface area contributed by atoms with Gasteiger partial charge in [0.05, 0.1) is 5.39 Å². The zero-order valence-corrected chi connectivity index (χ0v) is 12.8. The summed E-state index contributed by atoms with van der Waals surface area (Å²) in [6.07, 6.45) is 5.41. The van der Waals surface area contributed by atoms with E-state index in [1.807, 2.05) is 59.1 Å². The molecule has 4 nitrogen and oxygen atoms in total. The molecule has 114 valence electrons. The second-order valence-corrected chi connectivity index (χ2v) is 5.62. The molecule has 0 radical (unpaired) electrons. The van der Waals surface area contributed by atoms with Gasteiger partial charge in [0.15, 0.2) is 5.65 Å². The van der Waals surface area contributed by atoms with Gasteiger partial charge in [-0.2, -0.15) is 0 Å². The van der Waals surface area contributed by atoms with Gasteiger partial charge >= 0.3 is 0 Å². The Labute approximate surface area is 138 Å². The van der Waals surface area contributed by atoms with Crippen molar-refractivity contribution in [1.29, 1.82) is 0 Å². The van der Waals surface area contributed by atoms with Crippen molar-refractivity contribution >= 4 is 16.7 Å². The quantitative estimate of drug-likeness (QED) is 0.470. The van der Waals surface area contributed by atoms with Crippen LogP contribution in [-0.2, 0) is 0 Å². The Kier molecular flexibility index (Phi) is 2.76. The number of aromatic nitrogens is 3. The molecule has 0 aliphatic rings. The van der Waals surface area contributed by atoms with Crippen LogP contribution in [0.15, 0.2) is 83.8 Å². The van der Waals surface area contributed by atoms with Gasteiger partial charge in [0.25, 0.3) is 0 Å². The van der Waals surface area contributed by atoms with E-state index in [4.69, 9.17) is 4.42 Å². The second kappa shape index (κ2) is 5.06. The van der Waals surface area contributed by atoms with Crippen LogP contribution in [0.2, 0.25) is 0 Å². The molecule has 0 aliphatic carbocycles. The normalized spacial score (nSPS) is 11.3. The standard InChI is InChI=1S/C20H13N3O/c1-3-7-14(8-4-1)16-17-19-21-11-12-23(19)13-22-20(17)24-18(16)15-9-5-2-6-10-15/h1-13H. The summed E-state index contributed by atoms with van der Waals surface area (Å²) in [6.45, 7) is 0. The van der Waals surface area contributed by atoms with Crippen LogP contribution in [0.4, 0.5) is 0 Å². The smallest absolute Gasteiger partial charge is 0.232 e. The molecule has 0 bridgehead atoms. The van der Waals surface area contributed by atoms with Crippen LogP contribution in [0.25, 0.3) is 39.2 Å². The summed E-state index contributed by atoms with van der Waals surface area (Å²) >= 11 is 0. The number of hydrogen-bond acceptors (Lipinski definition) is 3. The molecule has 3 aromatic heterocycles. The Bertz CT molecular complexity index is 1140. The lowest BCUT2D eigenvalue weighted by atomic mass is 9.99. The lowest BCUT2D eigenvalue weighted by Gasteiger charge is -2.04. The monoisotopic (exact) mass is 311 g/mol. The van der Waals surface area contributed by atoms with Gasteiger partial charge < -0.3 is 4.42 Å². The fourth-order valence-corrected chi connectivity index (χ4v) is 3.11. The first kappa shape index (κ1) is 13.1. The molecule has 0 saturated carbocycles. The van der Waals surface area contributed by atoms with Crippen molar-refractivity contribution in [1.82, 2.24) is 14.4 Å². The summed E-state index contributed by atoms with van der Waals surface area (Å²) < 4.78 is 8.07. The molecule has 0 spiro atoms. The van der Waals surface area contributed by atoms with Crippen molar-refractivity contribution in [2.24, 2.45) is 0 Å². The zero-order chi connectivity index (χ0) is 15.9. The third kappa shape index (κ3) is 1.86. The summed E-state index contributed by atoms with van der Waals surface area (Å²) in [4.78, 5) is 8.97. The molecule has 0 unspecified atom stereocenters. The van der Waals surface area contributed by atoms with Crippen molar-refractivity contribution in [3.05, 3.63) is 79.4 Å². The maximum absolute atomic E-state index is 6.15. The van der Waals surface area contributed by atoms with E-state index in [1.165, 1.54) is 0 Å². The van der Waals surface area contributed by atoms with E-state index in [0.717, 1.165) is 33.5 Å². The maximum atomic E-state index is 6.15. The van der Waals surface area contributed by atoms with E-state index in [2.05, 4.69) is 22.1 Å². The van der Waals surface area contributed by atoms with Crippen LogP contribution in [0, 0.1) is 0 Å². The number of fused-ring (bicyclic) bond motifs is 3. The van der Waals surface area contributed by atoms with Crippen LogP contribution in [0.5, 0.6) is 0 Å². The highest BCUT2D eigenvalue weighted by molar-refractivity contribution is 6.07. The molecule has 0 atom stereocenters. The molecule has 0 amide bonds. The van der Waals surface area contributed by atoms with Crippen LogP contribution < -0.4 is 0 Å². The fraction of sp³-hybridized carbons (Fsp3) is 0. The van der Waals surface area contributed by atoms with Gasteiger partial charge in [0, 0.05) is 23.5 Å².